The van der Waals surface area contributed by atoms with Crippen LogP contribution in [0.3, 0.4) is 0 Å². The van der Waals surface area contributed by atoms with Gasteiger partial charge in [-0.25, -0.2) is 9.97 Å². The van der Waals surface area contributed by atoms with Gasteiger partial charge in [0.2, 0.25) is 5.95 Å². The molecular formula is C11H14FN3O. The van der Waals surface area contributed by atoms with Gasteiger partial charge in [-0.1, -0.05) is 0 Å². The lowest BCUT2D eigenvalue weighted by atomic mass is 10.00. The van der Waals surface area contributed by atoms with Gasteiger partial charge < -0.3 is 10.0 Å². The minimum Gasteiger partial charge on any atom is -0.393 e. The predicted octanol–water partition coefficient (Wildman–Crippen LogP) is 1.11. The van der Waals surface area contributed by atoms with Gasteiger partial charge in [0.15, 0.2) is 0 Å². The lowest BCUT2D eigenvalue weighted by Gasteiger charge is -2.37. The fourth-order valence-electron chi connectivity index (χ4n) is 2.99. The largest absolute Gasteiger partial charge is 0.393 e. The van der Waals surface area contributed by atoms with E-state index < -0.39 is 5.95 Å². The van der Waals surface area contributed by atoms with E-state index in [1.807, 2.05) is 0 Å². The Labute approximate surface area is 93.1 Å². The molecule has 1 N–H and O–H groups in total. The van der Waals surface area contributed by atoms with Crippen molar-refractivity contribution in [2.24, 2.45) is 0 Å². The minimum atomic E-state index is -0.490. The zero-order valence-corrected chi connectivity index (χ0v) is 8.88. The molecule has 5 heteroatoms. The molecule has 2 aliphatic heterocycles. The van der Waals surface area contributed by atoms with Crippen LogP contribution in [0.4, 0.5) is 10.2 Å². The van der Waals surface area contributed by atoms with Gasteiger partial charge in [0.25, 0.3) is 0 Å². The summed E-state index contributed by atoms with van der Waals surface area (Å²) in [4.78, 5) is 9.74. The quantitative estimate of drug-likeness (QED) is 0.724. The summed E-state index contributed by atoms with van der Waals surface area (Å²) in [6.07, 6.45) is 4.71. The van der Waals surface area contributed by atoms with Crippen LogP contribution in [0.2, 0.25) is 0 Å². The molecular weight excluding hydrogens is 209 g/mol. The zero-order valence-electron chi connectivity index (χ0n) is 8.88. The molecule has 4 nitrogen and oxygen atoms in total. The summed E-state index contributed by atoms with van der Waals surface area (Å²) < 4.78 is 13.0. The van der Waals surface area contributed by atoms with Crippen molar-refractivity contribution >= 4 is 5.82 Å². The lowest BCUT2D eigenvalue weighted by molar-refractivity contribution is 0.126. The first kappa shape index (κ1) is 9.96. The second kappa shape index (κ2) is 3.66. The molecule has 1 aromatic heterocycles. The highest BCUT2D eigenvalue weighted by molar-refractivity contribution is 5.42. The Morgan fingerprint density at radius 1 is 1.25 bits per heavy atom. The predicted molar refractivity (Wildman–Crippen MR) is 56.5 cm³/mol. The molecule has 3 heterocycles. The number of aromatic nitrogens is 2. The van der Waals surface area contributed by atoms with Gasteiger partial charge in [-0.05, 0) is 25.7 Å². The molecule has 0 saturated carbocycles. The van der Waals surface area contributed by atoms with Gasteiger partial charge in [-0.2, -0.15) is 4.39 Å². The average Bonchev–Trinajstić information content (AvgIpc) is 2.51. The minimum absolute atomic E-state index is 0.208. The van der Waals surface area contributed by atoms with Crippen LogP contribution in [0.15, 0.2) is 12.4 Å². The number of fused-ring (bicyclic) bond motifs is 2. The molecule has 86 valence electrons. The SMILES string of the molecule is OC1CC2CCC(C1)N2c1cc(F)ncn1. The van der Waals surface area contributed by atoms with E-state index in [9.17, 15) is 9.50 Å². The fraction of sp³-hybridized carbons (Fsp3) is 0.636. The number of aliphatic hydroxyl groups excluding tert-OH is 1. The van der Waals surface area contributed by atoms with Crippen molar-refractivity contribution in [2.45, 2.75) is 43.9 Å². The molecule has 2 fully saturated rings. The van der Waals surface area contributed by atoms with Crippen molar-refractivity contribution in [3.05, 3.63) is 18.3 Å². The Morgan fingerprint density at radius 2 is 1.94 bits per heavy atom. The monoisotopic (exact) mass is 223 g/mol. The third-order valence-corrected chi connectivity index (χ3v) is 3.59. The topological polar surface area (TPSA) is 49.2 Å². The molecule has 3 rings (SSSR count). The molecule has 0 spiro atoms. The summed E-state index contributed by atoms with van der Waals surface area (Å²) in [6, 6.07) is 1.99. The number of anilines is 1. The Hall–Kier alpha value is -1.23. The van der Waals surface area contributed by atoms with E-state index in [-0.39, 0.29) is 6.10 Å². The summed E-state index contributed by atoms with van der Waals surface area (Å²) in [5.41, 5.74) is 0. The standard InChI is InChI=1S/C11H14FN3O/c12-10-5-11(14-6-13-10)15-7-1-2-8(15)4-9(16)3-7/h5-9,16H,1-4H2. The van der Waals surface area contributed by atoms with E-state index in [1.54, 1.807) is 0 Å². The molecule has 2 atom stereocenters. The van der Waals surface area contributed by atoms with Crippen LogP contribution in [0.25, 0.3) is 0 Å². The van der Waals surface area contributed by atoms with Crippen molar-refractivity contribution in [1.82, 2.24) is 9.97 Å². The average molecular weight is 223 g/mol. The normalized spacial score (nSPS) is 33.1. The van der Waals surface area contributed by atoms with Crippen LogP contribution in [0, 0.1) is 5.95 Å². The smallest absolute Gasteiger partial charge is 0.218 e. The maximum Gasteiger partial charge on any atom is 0.218 e. The fourth-order valence-corrected chi connectivity index (χ4v) is 2.99. The molecule has 2 saturated heterocycles. The molecule has 0 aromatic carbocycles. The van der Waals surface area contributed by atoms with Gasteiger partial charge in [-0.3, -0.25) is 0 Å². The van der Waals surface area contributed by atoms with E-state index >= 15 is 0 Å². The summed E-state index contributed by atoms with van der Waals surface area (Å²) >= 11 is 0. The van der Waals surface area contributed by atoms with Gasteiger partial charge in [0.05, 0.1) is 6.10 Å². The third-order valence-electron chi connectivity index (χ3n) is 3.59. The highest BCUT2D eigenvalue weighted by Crippen LogP contribution is 2.38. The highest BCUT2D eigenvalue weighted by atomic mass is 19.1. The van der Waals surface area contributed by atoms with Crippen LogP contribution in [0.1, 0.15) is 25.7 Å². The van der Waals surface area contributed by atoms with Crippen LogP contribution in [-0.4, -0.2) is 33.3 Å². The Kier molecular flexibility index (Phi) is 2.28. The first-order valence-electron chi connectivity index (χ1n) is 5.68. The first-order chi connectivity index (χ1) is 7.74. The summed E-state index contributed by atoms with van der Waals surface area (Å²) in [7, 11) is 0. The Balaban J connectivity index is 1.91. The molecule has 1 aromatic rings. The maximum absolute atomic E-state index is 13.0. The van der Waals surface area contributed by atoms with E-state index in [0.29, 0.717) is 17.9 Å². The van der Waals surface area contributed by atoms with Gasteiger partial charge >= 0.3 is 0 Å². The van der Waals surface area contributed by atoms with Crippen molar-refractivity contribution < 1.29 is 9.50 Å². The van der Waals surface area contributed by atoms with Crippen LogP contribution >= 0.6 is 0 Å². The first-order valence-corrected chi connectivity index (χ1v) is 5.68. The molecule has 2 unspecified atom stereocenters. The van der Waals surface area contributed by atoms with Crippen molar-refractivity contribution in [1.29, 1.82) is 0 Å². The van der Waals surface area contributed by atoms with Gasteiger partial charge in [0, 0.05) is 18.2 Å². The maximum atomic E-state index is 13.0. The number of halogens is 1. The number of hydrogen-bond donors (Lipinski definition) is 1. The molecule has 0 aliphatic carbocycles. The highest BCUT2D eigenvalue weighted by Gasteiger charge is 2.40. The number of aliphatic hydroxyl groups is 1. The molecule has 0 radical (unpaired) electrons. The Morgan fingerprint density at radius 3 is 2.56 bits per heavy atom. The summed E-state index contributed by atoms with van der Waals surface area (Å²) in [6.45, 7) is 0. The van der Waals surface area contributed by atoms with Crippen molar-refractivity contribution in [3.63, 3.8) is 0 Å². The van der Waals surface area contributed by atoms with Gasteiger partial charge in [0.1, 0.15) is 12.1 Å². The molecule has 0 amide bonds. The van der Waals surface area contributed by atoms with Gasteiger partial charge in [-0.15, -0.1) is 0 Å². The number of hydrogen-bond acceptors (Lipinski definition) is 4. The summed E-state index contributed by atoms with van der Waals surface area (Å²) in [5, 5.41) is 9.68. The lowest BCUT2D eigenvalue weighted by Crippen LogP contribution is -2.45. The Bertz CT molecular complexity index is 387. The van der Waals surface area contributed by atoms with Crippen LogP contribution in [0.5, 0.6) is 0 Å². The summed E-state index contributed by atoms with van der Waals surface area (Å²) in [5.74, 6) is 0.169. The number of nitrogens with zero attached hydrogens (tertiary/aromatic N) is 3. The third kappa shape index (κ3) is 1.55. The molecule has 2 aliphatic rings. The molecule has 2 bridgehead atoms. The number of piperidine rings is 1. The zero-order chi connectivity index (χ0) is 11.1. The van der Waals surface area contributed by atoms with E-state index in [0.717, 1.165) is 25.7 Å². The van der Waals surface area contributed by atoms with E-state index in [2.05, 4.69) is 14.9 Å². The van der Waals surface area contributed by atoms with E-state index in [4.69, 9.17) is 0 Å². The number of rotatable bonds is 1. The molecule has 16 heavy (non-hydrogen) atoms. The van der Waals surface area contributed by atoms with Crippen molar-refractivity contribution in [3.8, 4) is 0 Å². The second-order valence-electron chi connectivity index (χ2n) is 4.62. The van der Waals surface area contributed by atoms with E-state index in [1.165, 1.54) is 12.4 Å². The van der Waals surface area contributed by atoms with Crippen LogP contribution in [-0.2, 0) is 0 Å². The van der Waals surface area contributed by atoms with Crippen molar-refractivity contribution in [2.75, 3.05) is 4.90 Å². The second-order valence-corrected chi connectivity index (χ2v) is 4.62. The van der Waals surface area contributed by atoms with Crippen LogP contribution < -0.4 is 4.90 Å².